The van der Waals surface area contributed by atoms with Crippen molar-refractivity contribution in [1.29, 1.82) is 0 Å². The Morgan fingerprint density at radius 2 is 2.42 bits per heavy atom. The molecule has 0 aliphatic carbocycles. The van der Waals surface area contributed by atoms with E-state index in [0.717, 1.165) is 37.9 Å². The fourth-order valence-corrected chi connectivity index (χ4v) is 2.79. The molecule has 19 heavy (non-hydrogen) atoms. The first-order chi connectivity index (χ1) is 9.18. The molecule has 1 aliphatic rings. The zero-order valence-electron chi connectivity index (χ0n) is 11.8. The second-order valence-corrected chi connectivity index (χ2v) is 5.31. The van der Waals surface area contributed by atoms with E-state index in [1.807, 2.05) is 25.1 Å². The molecule has 2 rings (SSSR count). The number of carbonyl (C=O) groups excluding carboxylic acids is 1. The van der Waals surface area contributed by atoms with Gasteiger partial charge in [0.15, 0.2) is 0 Å². The fourth-order valence-electron chi connectivity index (χ4n) is 2.79. The van der Waals surface area contributed by atoms with Crippen molar-refractivity contribution < 1.29 is 4.79 Å². The van der Waals surface area contributed by atoms with Gasteiger partial charge < -0.3 is 10.6 Å². The van der Waals surface area contributed by atoms with Gasteiger partial charge in [0.05, 0.1) is 17.3 Å². The number of nitrogens with one attached hydrogen (secondary N) is 2. The number of carbonyl (C=O) groups is 1. The van der Waals surface area contributed by atoms with Crippen molar-refractivity contribution >= 4 is 5.91 Å². The zero-order chi connectivity index (χ0) is 13.7. The summed E-state index contributed by atoms with van der Waals surface area (Å²) in [6.07, 6.45) is 5.67. The van der Waals surface area contributed by atoms with Crippen LogP contribution in [0.1, 0.15) is 51.3 Å². The molecule has 1 saturated heterocycles. The van der Waals surface area contributed by atoms with Crippen LogP contribution in [0.5, 0.6) is 0 Å². The molecular weight excluding hydrogens is 238 g/mol. The van der Waals surface area contributed by atoms with Crippen LogP contribution in [0.2, 0.25) is 0 Å². The number of hydrogen-bond acceptors (Lipinski definition) is 3. The van der Waals surface area contributed by atoms with Crippen LogP contribution in [0.4, 0.5) is 0 Å². The molecule has 2 heterocycles. The molecule has 1 amide bonds. The van der Waals surface area contributed by atoms with Crippen LogP contribution in [0.25, 0.3) is 0 Å². The van der Waals surface area contributed by atoms with Gasteiger partial charge in [-0.2, -0.15) is 0 Å². The van der Waals surface area contributed by atoms with Crippen molar-refractivity contribution in [3.63, 3.8) is 0 Å². The standard InChI is InChI=1S/C15H23N3O/c1-3-8-15(9-6-11-17-15)14(19)18-12(2)13-7-4-5-10-16-13/h4-5,7,10,12,17H,3,6,8-9,11H2,1-2H3,(H,18,19)/t12-,15?/m1/s1. The molecule has 1 unspecified atom stereocenters. The third-order valence-electron chi connectivity index (χ3n) is 3.83. The minimum Gasteiger partial charge on any atom is -0.346 e. The normalized spacial score (nSPS) is 24.1. The Hall–Kier alpha value is -1.42. The van der Waals surface area contributed by atoms with Crippen molar-refractivity contribution in [1.82, 2.24) is 15.6 Å². The van der Waals surface area contributed by atoms with Crippen LogP contribution in [-0.4, -0.2) is 23.0 Å². The summed E-state index contributed by atoms with van der Waals surface area (Å²) in [5.41, 5.74) is 0.540. The lowest BCUT2D eigenvalue weighted by atomic mass is 9.90. The quantitative estimate of drug-likeness (QED) is 0.854. The smallest absolute Gasteiger partial charge is 0.240 e. The van der Waals surface area contributed by atoms with E-state index in [1.54, 1.807) is 6.20 Å². The Morgan fingerprint density at radius 1 is 1.58 bits per heavy atom. The number of hydrogen-bond donors (Lipinski definition) is 2. The predicted molar refractivity (Wildman–Crippen MR) is 75.7 cm³/mol. The average Bonchev–Trinajstić information content (AvgIpc) is 2.90. The number of rotatable bonds is 5. The lowest BCUT2D eigenvalue weighted by Gasteiger charge is -2.29. The summed E-state index contributed by atoms with van der Waals surface area (Å²) in [5.74, 6) is 0.116. The van der Waals surface area contributed by atoms with Gasteiger partial charge in [0.1, 0.15) is 0 Å². The molecule has 1 aromatic rings. The molecule has 0 spiro atoms. The molecule has 2 atom stereocenters. The van der Waals surface area contributed by atoms with Crippen LogP contribution in [0.15, 0.2) is 24.4 Å². The van der Waals surface area contributed by atoms with E-state index in [9.17, 15) is 4.79 Å². The average molecular weight is 261 g/mol. The van der Waals surface area contributed by atoms with Gasteiger partial charge in [-0.25, -0.2) is 0 Å². The summed E-state index contributed by atoms with van der Waals surface area (Å²) < 4.78 is 0. The van der Waals surface area contributed by atoms with Crippen LogP contribution < -0.4 is 10.6 Å². The van der Waals surface area contributed by atoms with Gasteiger partial charge in [0.25, 0.3) is 0 Å². The second-order valence-electron chi connectivity index (χ2n) is 5.31. The van der Waals surface area contributed by atoms with Gasteiger partial charge in [0, 0.05) is 6.20 Å². The molecule has 2 N–H and O–H groups in total. The van der Waals surface area contributed by atoms with Gasteiger partial charge >= 0.3 is 0 Å². The van der Waals surface area contributed by atoms with Gasteiger partial charge in [-0.3, -0.25) is 9.78 Å². The Labute approximate surface area is 115 Å². The minimum absolute atomic E-state index is 0.0511. The first kappa shape index (κ1) is 14.0. The number of aromatic nitrogens is 1. The third kappa shape index (κ3) is 3.13. The van der Waals surface area contributed by atoms with Crippen LogP contribution in [-0.2, 0) is 4.79 Å². The van der Waals surface area contributed by atoms with Crippen molar-refractivity contribution in [2.75, 3.05) is 6.54 Å². The van der Waals surface area contributed by atoms with Gasteiger partial charge in [-0.1, -0.05) is 19.4 Å². The molecule has 1 aromatic heterocycles. The summed E-state index contributed by atoms with van der Waals surface area (Å²) in [5, 5.41) is 6.49. The molecule has 0 radical (unpaired) electrons. The summed E-state index contributed by atoms with van der Waals surface area (Å²) in [6, 6.07) is 5.72. The molecule has 0 saturated carbocycles. The lowest BCUT2D eigenvalue weighted by molar-refractivity contribution is -0.128. The van der Waals surface area contributed by atoms with Crippen molar-refractivity contribution in [2.45, 2.75) is 51.1 Å². The summed E-state index contributed by atoms with van der Waals surface area (Å²) in [7, 11) is 0. The highest BCUT2D eigenvalue weighted by Gasteiger charge is 2.40. The molecule has 104 valence electrons. The monoisotopic (exact) mass is 261 g/mol. The van der Waals surface area contributed by atoms with Crippen LogP contribution >= 0.6 is 0 Å². The van der Waals surface area contributed by atoms with Crippen molar-refractivity contribution in [3.8, 4) is 0 Å². The molecule has 0 aromatic carbocycles. The van der Waals surface area contributed by atoms with Crippen LogP contribution in [0, 0.1) is 0 Å². The zero-order valence-corrected chi connectivity index (χ0v) is 11.8. The number of pyridine rings is 1. The number of amides is 1. The van der Waals surface area contributed by atoms with E-state index in [2.05, 4.69) is 22.5 Å². The highest BCUT2D eigenvalue weighted by Crippen LogP contribution is 2.26. The Morgan fingerprint density at radius 3 is 3.00 bits per heavy atom. The van der Waals surface area contributed by atoms with E-state index in [-0.39, 0.29) is 17.5 Å². The first-order valence-corrected chi connectivity index (χ1v) is 7.15. The Bertz CT molecular complexity index is 413. The van der Waals surface area contributed by atoms with Crippen molar-refractivity contribution in [3.05, 3.63) is 30.1 Å². The molecule has 4 heteroatoms. The van der Waals surface area contributed by atoms with Gasteiger partial charge in [-0.15, -0.1) is 0 Å². The topological polar surface area (TPSA) is 54.0 Å². The molecule has 4 nitrogen and oxygen atoms in total. The van der Waals surface area contributed by atoms with Crippen LogP contribution in [0.3, 0.4) is 0 Å². The van der Waals surface area contributed by atoms with E-state index in [0.29, 0.717) is 0 Å². The van der Waals surface area contributed by atoms with E-state index < -0.39 is 0 Å². The second kappa shape index (κ2) is 6.15. The maximum Gasteiger partial charge on any atom is 0.240 e. The molecule has 1 fully saturated rings. The first-order valence-electron chi connectivity index (χ1n) is 7.15. The summed E-state index contributed by atoms with van der Waals surface area (Å²) in [4.78, 5) is 16.8. The van der Waals surface area contributed by atoms with Gasteiger partial charge in [-0.05, 0) is 44.9 Å². The summed E-state index contributed by atoms with van der Waals surface area (Å²) in [6.45, 7) is 5.04. The fraction of sp³-hybridized carbons (Fsp3) is 0.600. The number of nitrogens with zero attached hydrogens (tertiary/aromatic N) is 1. The third-order valence-corrected chi connectivity index (χ3v) is 3.83. The van der Waals surface area contributed by atoms with Gasteiger partial charge in [0.2, 0.25) is 5.91 Å². The predicted octanol–water partition coefficient (Wildman–Crippen LogP) is 2.18. The maximum atomic E-state index is 12.5. The maximum absolute atomic E-state index is 12.5. The van der Waals surface area contributed by atoms with E-state index >= 15 is 0 Å². The summed E-state index contributed by atoms with van der Waals surface area (Å²) >= 11 is 0. The highest BCUT2D eigenvalue weighted by molar-refractivity contribution is 5.87. The SMILES string of the molecule is CCCC1(C(=O)N[C@H](C)c2ccccn2)CCCN1. The minimum atomic E-state index is -0.363. The highest BCUT2D eigenvalue weighted by atomic mass is 16.2. The lowest BCUT2D eigenvalue weighted by Crippen LogP contribution is -2.53. The van der Waals surface area contributed by atoms with Crippen molar-refractivity contribution in [2.24, 2.45) is 0 Å². The Kier molecular flexibility index (Phi) is 4.53. The molecule has 0 bridgehead atoms. The molecule has 1 aliphatic heterocycles. The Balaban J connectivity index is 2.03. The van der Waals surface area contributed by atoms with E-state index in [1.165, 1.54) is 0 Å². The largest absolute Gasteiger partial charge is 0.346 e. The van der Waals surface area contributed by atoms with E-state index in [4.69, 9.17) is 0 Å². The molecular formula is C15H23N3O.